The summed E-state index contributed by atoms with van der Waals surface area (Å²) in [4.78, 5) is 15.6. The second-order valence-corrected chi connectivity index (χ2v) is 3.91. The molecule has 0 amide bonds. The topological polar surface area (TPSA) is 47.9 Å². The molecule has 1 rings (SSSR count). The minimum atomic E-state index is -0.272. The first-order chi connectivity index (χ1) is 8.17. The molecular weight excluding hydrogens is 286 g/mol. The maximum atomic E-state index is 10.9. The van der Waals surface area contributed by atoms with E-state index >= 15 is 0 Å². The number of hydrogen-bond acceptors (Lipinski definition) is 4. The van der Waals surface area contributed by atoms with E-state index in [1.165, 1.54) is 7.11 Å². The van der Waals surface area contributed by atoms with Crippen molar-refractivity contribution in [1.82, 2.24) is 0 Å². The summed E-state index contributed by atoms with van der Waals surface area (Å²) >= 11 is 3.03. The van der Waals surface area contributed by atoms with Gasteiger partial charge in [0.1, 0.15) is 19.0 Å². The van der Waals surface area contributed by atoms with Crippen LogP contribution in [-0.2, 0) is 21.0 Å². The van der Waals surface area contributed by atoms with Gasteiger partial charge in [0.05, 0.1) is 5.71 Å². The van der Waals surface area contributed by atoms with E-state index in [1.54, 1.807) is 0 Å². The molecule has 0 bridgehead atoms. The lowest BCUT2D eigenvalue weighted by Gasteiger charge is -2.04. The van der Waals surface area contributed by atoms with Gasteiger partial charge in [-0.2, -0.15) is 0 Å². The molecule has 0 saturated heterocycles. The Balaban J connectivity index is 2.62. The van der Waals surface area contributed by atoms with E-state index in [2.05, 4.69) is 21.1 Å². The Morgan fingerprint density at radius 3 is 2.53 bits per heavy atom. The van der Waals surface area contributed by atoms with E-state index in [0.717, 1.165) is 16.8 Å². The summed E-state index contributed by atoms with van der Waals surface area (Å²) in [6.07, 6.45) is 0. The highest BCUT2D eigenvalue weighted by Gasteiger charge is 2.02. The Bertz CT molecular complexity index is 401. The van der Waals surface area contributed by atoms with E-state index in [0.29, 0.717) is 0 Å². The van der Waals surface area contributed by atoms with E-state index in [-0.39, 0.29) is 17.9 Å². The normalized spacial score (nSPS) is 11.1. The molecule has 0 aliphatic heterocycles. The molecule has 0 fully saturated rings. The molecule has 0 heterocycles. The number of carbonyl (C=O) groups excluding carboxylic acids is 1. The van der Waals surface area contributed by atoms with Gasteiger partial charge in [-0.3, -0.25) is 4.79 Å². The molecule has 0 radical (unpaired) electrons. The van der Waals surface area contributed by atoms with Crippen LogP contribution in [0.2, 0.25) is 0 Å². The second-order valence-electron chi connectivity index (χ2n) is 3.35. The summed E-state index contributed by atoms with van der Waals surface area (Å²) in [7, 11) is 1.51. The van der Waals surface area contributed by atoms with Gasteiger partial charge in [0.25, 0.3) is 0 Å². The van der Waals surface area contributed by atoms with Crippen molar-refractivity contribution in [2.45, 2.75) is 13.5 Å². The van der Waals surface area contributed by atoms with Gasteiger partial charge in [0.2, 0.25) is 0 Å². The van der Waals surface area contributed by atoms with Crippen LogP contribution in [0.4, 0.5) is 0 Å². The van der Waals surface area contributed by atoms with Gasteiger partial charge in [0, 0.05) is 0 Å². The van der Waals surface area contributed by atoms with Gasteiger partial charge in [-0.1, -0.05) is 45.4 Å². The summed E-state index contributed by atoms with van der Waals surface area (Å²) in [6, 6.07) is 7.61. The van der Waals surface area contributed by atoms with Crippen LogP contribution in [0.5, 0.6) is 0 Å². The van der Waals surface area contributed by atoms with E-state index in [9.17, 15) is 4.79 Å². The molecule has 0 aromatic heterocycles. The third-order valence-corrected chi connectivity index (χ3v) is 2.57. The number of benzene rings is 1. The Hall–Kier alpha value is -1.36. The number of carbonyl (C=O) groups is 1. The molecule has 4 nitrogen and oxygen atoms in total. The number of esters is 1. The number of oxime groups is 1. The number of rotatable bonds is 5. The average Bonchev–Trinajstić information content (AvgIpc) is 2.36. The first-order valence-electron chi connectivity index (χ1n) is 5.06. The van der Waals surface area contributed by atoms with Crippen LogP contribution >= 0.6 is 15.9 Å². The van der Waals surface area contributed by atoms with Crippen molar-refractivity contribution >= 4 is 27.6 Å². The van der Waals surface area contributed by atoms with Crippen LogP contribution in [0.1, 0.15) is 18.1 Å². The summed E-state index contributed by atoms with van der Waals surface area (Å²) in [5, 5.41) is 4.05. The van der Waals surface area contributed by atoms with Gasteiger partial charge >= 0.3 is 5.97 Å². The van der Waals surface area contributed by atoms with Crippen LogP contribution in [0, 0.1) is 0 Å². The molecule has 0 aliphatic carbocycles. The number of nitrogens with zero attached hydrogens (tertiary/aromatic N) is 1. The van der Waals surface area contributed by atoms with Crippen molar-refractivity contribution in [3.63, 3.8) is 0 Å². The fraction of sp³-hybridized carbons (Fsp3) is 0.333. The Labute approximate surface area is 109 Å². The van der Waals surface area contributed by atoms with E-state index < -0.39 is 0 Å². The minimum Gasteiger partial charge on any atom is -0.460 e. The molecule has 1 aromatic rings. The number of halogens is 1. The lowest BCUT2D eigenvalue weighted by atomic mass is 10.1. The average molecular weight is 300 g/mol. The second kappa shape index (κ2) is 7.06. The van der Waals surface area contributed by atoms with Gasteiger partial charge in [0.15, 0.2) is 0 Å². The third-order valence-electron chi connectivity index (χ3n) is 2.11. The first kappa shape index (κ1) is 13.7. The van der Waals surface area contributed by atoms with E-state index in [4.69, 9.17) is 9.57 Å². The molecule has 1 aromatic carbocycles. The van der Waals surface area contributed by atoms with Crippen molar-refractivity contribution < 1.29 is 14.4 Å². The van der Waals surface area contributed by atoms with E-state index in [1.807, 2.05) is 31.2 Å². The standard InChI is InChI=1S/C12H14BrNO3/c1-9(14-16-2)11-5-3-10(4-6-11)8-17-12(15)7-13/h3-6H,7-8H2,1-2H3. The van der Waals surface area contributed by atoms with Crippen LogP contribution in [0.15, 0.2) is 29.4 Å². The SMILES string of the molecule is CON=C(C)c1ccc(COC(=O)CBr)cc1. The molecule has 0 saturated carbocycles. The van der Waals surface area contributed by atoms with Crippen molar-refractivity contribution in [3.05, 3.63) is 35.4 Å². The van der Waals surface area contributed by atoms with Crippen molar-refractivity contribution in [2.24, 2.45) is 5.16 Å². The van der Waals surface area contributed by atoms with Crippen molar-refractivity contribution in [1.29, 1.82) is 0 Å². The molecule has 0 aliphatic rings. The lowest BCUT2D eigenvalue weighted by molar-refractivity contribution is -0.141. The van der Waals surface area contributed by atoms with Crippen LogP contribution in [-0.4, -0.2) is 24.1 Å². The molecule has 0 N–H and O–H groups in total. The highest BCUT2D eigenvalue weighted by Crippen LogP contribution is 2.07. The molecular formula is C12H14BrNO3. The Morgan fingerprint density at radius 2 is 2.00 bits per heavy atom. The number of ether oxygens (including phenoxy) is 1. The van der Waals surface area contributed by atoms with Crippen LogP contribution < -0.4 is 0 Å². The summed E-state index contributed by atoms with van der Waals surface area (Å²) in [5.41, 5.74) is 2.71. The smallest absolute Gasteiger partial charge is 0.316 e. The molecule has 17 heavy (non-hydrogen) atoms. The highest BCUT2D eigenvalue weighted by molar-refractivity contribution is 9.09. The van der Waals surface area contributed by atoms with Gasteiger partial charge < -0.3 is 9.57 Å². The van der Waals surface area contributed by atoms with Gasteiger partial charge in [-0.05, 0) is 18.1 Å². The van der Waals surface area contributed by atoms with Crippen molar-refractivity contribution in [3.8, 4) is 0 Å². The monoisotopic (exact) mass is 299 g/mol. The van der Waals surface area contributed by atoms with Gasteiger partial charge in [-0.25, -0.2) is 0 Å². The highest BCUT2D eigenvalue weighted by atomic mass is 79.9. The maximum Gasteiger partial charge on any atom is 0.316 e. The zero-order chi connectivity index (χ0) is 12.7. The summed E-state index contributed by atoms with van der Waals surface area (Å²) in [5.74, 6) is -0.272. The zero-order valence-electron chi connectivity index (χ0n) is 9.77. The summed E-state index contributed by atoms with van der Waals surface area (Å²) < 4.78 is 4.98. The molecule has 0 unspecified atom stereocenters. The fourth-order valence-corrected chi connectivity index (χ4v) is 1.40. The molecule has 0 spiro atoms. The molecule has 0 atom stereocenters. The first-order valence-corrected chi connectivity index (χ1v) is 6.18. The maximum absolute atomic E-state index is 10.9. The lowest BCUT2D eigenvalue weighted by Crippen LogP contribution is -2.05. The molecule has 92 valence electrons. The van der Waals surface area contributed by atoms with Gasteiger partial charge in [-0.15, -0.1) is 0 Å². The van der Waals surface area contributed by atoms with Crippen molar-refractivity contribution in [2.75, 3.05) is 12.4 Å². The van der Waals surface area contributed by atoms with Crippen LogP contribution in [0.3, 0.4) is 0 Å². The zero-order valence-corrected chi connectivity index (χ0v) is 11.4. The Kier molecular flexibility index (Phi) is 5.69. The number of alkyl halides is 1. The quantitative estimate of drug-likeness (QED) is 0.363. The minimum absolute atomic E-state index is 0.213. The predicted molar refractivity (Wildman–Crippen MR) is 69.3 cm³/mol. The molecule has 5 heteroatoms. The predicted octanol–water partition coefficient (Wildman–Crippen LogP) is 2.50. The number of hydrogen-bond donors (Lipinski definition) is 0. The summed E-state index contributed by atoms with van der Waals surface area (Å²) in [6.45, 7) is 2.15. The third kappa shape index (κ3) is 4.56. The largest absolute Gasteiger partial charge is 0.460 e. The Morgan fingerprint density at radius 1 is 1.35 bits per heavy atom. The fourth-order valence-electron chi connectivity index (χ4n) is 1.23. The van der Waals surface area contributed by atoms with Crippen LogP contribution in [0.25, 0.3) is 0 Å².